The molecular formula is C5H13ClOP. The van der Waals surface area contributed by atoms with E-state index in [0.717, 1.165) is 0 Å². The van der Waals surface area contributed by atoms with E-state index in [9.17, 15) is 0 Å². The average molecular weight is 156 g/mol. The van der Waals surface area contributed by atoms with Crippen molar-refractivity contribution in [2.75, 3.05) is 0 Å². The van der Waals surface area contributed by atoms with Crippen molar-refractivity contribution in [3.63, 3.8) is 0 Å². The third-order valence-corrected chi connectivity index (χ3v) is 0.707. The quantitative estimate of drug-likeness (QED) is 0.608. The maximum absolute atomic E-state index is 7.31. The smallest absolute Gasteiger partial charge is 0.191 e. The number of hydrogen-bond acceptors (Lipinski definition) is 1. The lowest BCUT2D eigenvalue weighted by Crippen LogP contribution is -1.59. The summed E-state index contributed by atoms with van der Waals surface area (Å²) < 4.78 is 0. The molecule has 0 aromatic rings. The molecule has 1 nitrogen and oxygen atoms in total. The van der Waals surface area contributed by atoms with Crippen molar-refractivity contribution in [3.05, 3.63) is 0 Å². The van der Waals surface area contributed by atoms with E-state index < -0.39 is 0 Å². The summed E-state index contributed by atoms with van der Waals surface area (Å²) >= 11 is 4.53. The summed E-state index contributed by atoms with van der Waals surface area (Å²) in [5, 5.41) is 0. The van der Waals surface area contributed by atoms with Crippen molar-refractivity contribution in [2.24, 2.45) is 0 Å². The molecule has 0 rings (SSSR count). The lowest BCUT2D eigenvalue weighted by atomic mass is 10.3. The van der Waals surface area contributed by atoms with Gasteiger partial charge in [0.05, 0.1) is 0 Å². The fraction of sp³-hybridized carbons (Fsp3) is 1.00. The summed E-state index contributed by atoms with van der Waals surface area (Å²) in [7, 11) is -0.111. The van der Waals surface area contributed by atoms with Crippen LogP contribution < -0.4 is 0 Å². The second-order valence-electron chi connectivity index (χ2n) is 1.43. The van der Waals surface area contributed by atoms with Crippen molar-refractivity contribution in [1.29, 1.82) is 0 Å². The van der Waals surface area contributed by atoms with Crippen LogP contribution in [0.2, 0.25) is 0 Å². The van der Waals surface area contributed by atoms with Gasteiger partial charge in [0.2, 0.25) is 0 Å². The molecule has 0 bridgehead atoms. The minimum Gasteiger partial charge on any atom is -0.353 e. The zero-order chi connectivity index (χ0) is 6.83. The van der Waals surface area contributed by atoms with E-state index in [2.05, 4.69) is 25.1 Å². The van der Waals surface area contributed by atoms with Gasteiger partial charge in [0.1, 0.15) is 0 Å². The molecule has 0 spiro atoms. The van der Waals surface area contributed by atoms with E-state index in [1.54, 1.807) is 0 Å². The highest BCUT2D eigenvalue weighted by atomic mass is 35.7. The van der Waals surface area contributed by atoms with Gasteiger partial charge in [0, 0.05) is 0 Å². The first kappa shape index (κ1) is 11.5. The maximum atomic E-state index is 7.31. The summed E-state index contributed by atoms with van der Waals surface area (Å²) in [5.74, 6) is 0. The molecule has 0 amide bonds. The molecule has 1 N–H and O–H groups in total. The largest absolute Gasteiger partial charge is 0.353 e. The van der Waals surface area contributed by atoms with Gasteiger partial charge in [-0.15, -0.1) is 0 Å². The first-order chi connectivity index (χ1) is 3.83. The molecule has 0 saturated heterocycles. The van der Waals surface area contributed by atoms with Crippen LogP contribution >= 0.6 is 19.4 Å². The lowest BCUT2D eigenvalue weighted by molar-refractivity contribution is 0.659. The molecule has 0 aliphatic carbocycles. The number of rotatable bonds is 2. The molecule has 51 valence electrons. The van der Waals surface area contributed by atoms with E-state index in [0.29, 0.717) is 0 Å². The van der Waals surface area contributed by atoms with Gasteiger partial charge in [0.25, 0.3) is 0 Å². The van der Waals surface area contributed by atoms with Crippen molar-refractivity contribution in [3.8, 4) is 0 Å². The van der Waals surface area contributed by atoms with E-state index in [1.807, 2.05) is 0 Å². The van der Waals surface area contributed by atoms with Crippen LogP contribution in [0.3, 0.4) is 0 Å². The van der Waals surface area contributed by atoms with Crippen molar-refractivity contribution in [2.45, 2.75) is 33.1 Å². The van der Waals surface area contributed by atoms with Crippen LogP contribution in [0.4, 0.5) is 0 Å². The van der Waals surface area contributed by atoms with Crippen molar-refractivity contribution < 1.29 is 4.89 Å². The topological polar surface area (TPSA) is 20.2 Å². The number of hydrogen-bond donors (Lipinski definition) is 1. The summed E-state index contributed by atoms with van der Waals surface area (Å²) in [6, 6.07) is 0. The molecule has 0 unspecified atom stereocenters. The molecule has 0 heterocycles. The van der Waals surface area contributed by atoms with Crippen LogP contribution in [0.25, 0.3) is 0 Å². The highest BCUT2D eigenvalue weighted by molar-refractivity contribution is 7.63. The Balaban J connectivity index is 0. The Hall–Kier alpha value is 0.680. The molecule has 0 aliphatic rings. The molecule has 3 heteroatoms. The average Bonchev–Trinajstić information content (AvgIpc) is 1.71. The molecule has 0 atom stereocenters. The first-order valence-corrected chi connectivity index (χ1v) is 4.54. The second kappa shape index (κ2) is 15.6. The Morgan fingerprint density at radius 1 is 1.38 bits per heavy atom. The Kier molecular flexibility index (Phi) is 22.4. The van der Waals surface area contributed by atoms with E-state index in [-0.39, 0.29) is 8.16 Å². The van der Waals surface area contributed by atoms with E-state index in [4.69, 9.17) is 4.89 Å². The van der Waals surface area contributed by atoms with E-state index >= 15 is 0 Å². The number of unbranched alkanes of at least 4 members (excludes halogenated alkanes) is 2. The van der Waals surface area contributed by atoms with Crippen LogP contribution in [0.15, 0.2) is 0 Å². The molecule has 0 fully saturated rings. The second-order valence-corrected chi connectivity index (χ2v) is 2.03. The van der Waals surface area contributed by atoms with Gasteiger partial charge in [-0.1, -0.05) is 44.4 Å². The summed E-state index contributed by atoms with van der Waals surface area (Å²) in [6.45, 7) is 4.42. The minimum atomic E-state index is -0.111. The van der Waals surface area contributed by atoms with Gasteiger partial charge in [-0.3, -0.25) is 0 Å². The molecule has 0 aliphatic heterocycles. The van der Waals surface area contributed by atoms with Gasteiger partial charge in [0.15, 0.2) is 8.16 Å². The molecule has 0 aromatic heterocycles. The summed E-state index contributed by atoms with van der Waals surface area (Å²) in [6.07, 6.45) is 4.08. The standard InChI is InChI=1S/C5H12.ClHOP/c1-3-5-4-2;1-3-2/h3-5H2,1-2H3;2H. The Morgan fingerprint density at radius 3 is 1.62 bits per heavy atom. The third-order valence-electron chi connectivity index (χ3n) is 0.707. The highest BCUT2D eigenvalue weighted by Crippen LogP contribution is 2.04. The van der Waals surface area contributed by atoms with Gasteiger partial charge < -0.3 is 4.89 Å². The van der Waals surface area contributed by atoms with Crippen LogP contribution in [0.1, 0.15) is 33.1 Å². The Labute approximate surface area is 58.1 Å². The van der Waals surface area contributed by atoms with Crippen LogP contribution in [-0.4, -0.2) is 4.89 Å². The molecular weight excluding hydrogens is 142 g/mol. The van der Waals surface area contributed by atoms with Crippen molar-refractivity contribution in [1.82, 2.24) is 0 Å². The van der Waals surface area contributed by atoms with Gasteiger partial charge in [-0.25, -0.2) is 0 Å². The molecule has 1 radical (unpaired) electrons. The van der Waals surface area contributed by atoms with Gasteiger partial charge >= 0.3 is 0 Å². The van der Waals surface area contributed by atoms with Gasteiger partial charge in [-0.05, 0) is 0 Å². The van der Waals surface area contributed by atoms with Crippen LogP contribution in [0.5, 0.6) is 0 Å². The van der Waals surface area contributed by atoms with E-state index in [1.165, 1.54) is 19.3 Å². The first-order valence-electron chi connectivity index (χ1n) is 2.78. The summed E-state index contributed by atoms with van der Waals surface area (Å²) in [4.78, 5) is 7.31. The maximum Gasteiger partial charge on any atom is 0.191 e. The van der Waals surface area contributed by atoms with Crippen LogP contribution in [0, 0.1) is 0 Å². The normalized spacial score (nSPS) is 9.00. The van der Waals surface area contributed by atoms with Gasteiger partial charge in [-0.2, -0.15) is 0 Å². The Morgan fingerprint density at radius 2 is 1.62 bits per heavy atom. The molecule has 0 aromatic carbocycles. The minimum absolute atomic E-state index is 0.111. The predicted octanol–water partition coefficient (Wildman–Crippen LogP) is 3.19. The highest BCUT2D eigenvalue weighted by Gasteiger charge is 1.68. The zero-order valence-corrected chi connectivity index (χ0v) is 7.04. The lowest BCUT2D eigenvalue weighted by Gasteiger charge is -1.79. The zero-order valence-electron chi connectivity index (χ0n) is 5.39. The monoisotopic (exact) mass is 155 g/mol. The summed E-state index contributed by atoms with van der Waals surface area (Å²) in [5.41, 5.74) is 0. The van der Waals surface area contributed by atoms with Crippen molar-refractivity contribution >= 4 is 19.4 Å². The fourth-order valence-electron chi connectivity index (χ4n) is 0.354. The third kappa shape index (κ3) is 30.0. The molecule has 0 saturated carbocycles. The molecule has 8 heavy (non-hydrogen) atoms. The Bertz CT molecular complexity index is 26.4. The van der Waals surface area contributed by atoms with Crippen LogP contribution in [-0.2, 0) is 0 Å². The number of halogens is 1. The SMILES string of the molecule is CCCCC.O[P]Cl. The predicted molar refractivity (Wildman–Crippen MR) is 40.2 cm³/mol. The fourth-order valence-corrected chi connectivity index (χ4v) is 0.354.